The lowest BCUT2D eigenvalue weighted by Crippen LogP contribution is -2.38. The Bertz CT molecular complexity index is 1050. The minimum absolute atomic E-state index is 0.537. The van der Waals surface area contributed by atoms with Crippen LogP contribution in [0.25, 0.3) is 11.3 Å². The zero-order valence-corrected chi connectivity index (χ0v) is 19.9. The zero-order chi connectivity index (χ0) is 23.8. The van der Waals surface area contributed by atoms with Crippen LogP contribution in [0.3, 0.4) is 0 Å². The molecule has 1 N–H and O–H groups in total. The lowest BCUT2D eigenvalue weighted by Gasteiger charge is -2.29. The van der Waals surface area contributed by atoms with Crippen molar-refractivity contribution in [2.24, 2.45) is 5.92 Å². The molecule has 4 rings (SSSR count). The molecule has 0 aliphatic carbocycles. The first-order chi connectivity index (χ1) is 16.6. The number of nitrogens with zero attached hydrogens (tertiary/aromatic N) is 3. The van der Waals surface area contributed by atoms with Crippen LogP contribution < -0.4 is 5.32 Å². The number of piperidine rings is 1. The molecule has 1 aromatic heterocycles. The molecular weight excluding hydrogens is 430 g/mol. The van der Waals surface area contributed by atoms with Crippen LogP contribution in [0.4, 0.5) is 8.78 Å². The third kappa shape index (κ3) is 7.15. The molecular formula is C28H34F2N4. The highest BCUT2D eigenvalue weighted by atomic mass is 19.1. The van der Waals surface area contributed by atoms with E-state index < -0.39 is 11.6 Å². The molecule has 1 atom stereocenters. The Morgan fingerprint density at radius 2 is 1.88 bits per heavy atom. The van der Waals surface area contributed by atoms with E-state index in [2.05, 4.69) is 46.4 Å². The molecule has 0 radical (unpaired) electrons. The number of aromatic nitrogens is 2. The summed E-state index contributed by atoms with van der Waals surface area (Å²) in [5.41, 5.74) is 3.94. The van der Waals surface area contributed by atoms with Crippen molar-refractivity contribution in [3.8, 4) is 11.3 Å². The summed E-state index contributed by atoms with van der Waals surface area (Å²) in [6.07, 6.45) is 6.34. The molecule has 1 aliphatic rings. The Balaban J connectivity index is 1.37. The molecule has 2 heterocycles. The maximum absolute atomic E-state index is 13.4. The highest BCUT2D eigenvalue weighted by Crippen LogP contribution is 2.21. The van der Waals surface area contributed by atoms with Gasteiger partial charge in [-0.2, -0.15) is 0 Å². The van der Waals surface area contributed by atoms with Gasteiger partial charge in [0.25, 0.3) is 0 Å². The summed E-state index contributed by atoms with van der Waals surface area (Å²) in [5.74, 6) is 0.403. The van der Waals surface area contributed by atoms with Gasteiger partial charge in [0, 0.05) is 37.3 Å². The van der Waals surface area contributed by atoms with Gasteiger partial charge in [-0.1, -0.05) is 25.1 Å². The monoisotopic (exact) mass is 464 g/mol. The highest BCUT2D eigenvalue weighted by Gasteiger charge is 2.16. The molecule has 0 spiro atoms. The first-order valence-corrected chi connectivity index (χ1v) is 12.4. The first kappa shape index (κ1) is 24.4. The lowest BCUT2D eigenvalue weighted by molar-refractivity contribution is 0.210. The van der Waals surface area contributed by atoms with Crippen molar-refractivity contribution in [3.05, 3.63) is 83.3 Å². The quantitative estimate of drug-likeness (QED) is 0.435. The van der Waals surface area contributed by atoms with Gasteiger partial charge in [-0.05, 0) is 86.6 Å². The molecule has 1 saturated heterocycles. The number of hydrogen-bond acceptors (Lipinski definition) is 4. The first-order valence-electron chi connectivity index (χ1n) is 12.4. The van der Waals surface area contributed by atoms with Gasteiger partial charge in [0.05, 0.1) is 5.69 Å². The van der Waals surface area contributed by atoms with Gasteiger partial charge in [0.1, 0.15) is 17.5 Å². The van der Waals surface area contributed by atoms with Crippen molar-refractivity contribution >= 4 is 0 Å². The van der Waals surface area contributed by atoms with Gasteiger partial charge >= 0.3 is 0 Å². The summed E-state index contributed by atoms with van der Waals surface area (Å²) in [6.45, 7) is 7.59. The summed E-state index contributed by atoms with van der Waals surface area (Å²) in [4.78, 5) is 11.7. The second-order valence-electron chi connectivity index (χ2n) is 9.23. The van der Waals surface area contributed by atoms with Crippen molar-refractivity contribution in [2.45, 2.75) is 45.6 Å². The van der Waals surface area contributed by atoms with Crippen LogP contribution in [0.5, 0.6) is 0 Å². The Kier molecular flexibility index (Phi) is 8.72. The molecule has 0 amide bonds. The van der Waals surface area contributed by atoms with Crippen LogP contribution in [-0.2, 0) is 19.4 Å². The van der Waals surface area contributed by atoms with Crippen molar-refractivity contribution < 1.29 is 8.78 Å². The van der Waals surface area contributed by atoms with E-state index in [0.29, 0.717) is 18.4 Å². The standard InChI is InChI=1S/C28H34F2N4/c1-2-34(20-23-8-5-12-31-18-23)19-22-7-3-9-24(14-22)27-11-13-32-28(33-27)10-4-6-21-15-25(29)17-26(30)16-21/h3,7,9,11,13-17,23,31H,2,4-6,8,10,12,18-20H2,1H3/t23-/m0/s1. The molecule has 180 valence electrons. The Morgan fingerprint density at radius 1 is 1.03 bits per heavy atom. The van der Waals surface area contributed by atoms with E-state index in [4.69, 9.17) is 4.98 Å². The molecule has 3 aromatic rings. The smallest absolute Gasteiger partial charge is 0.128 e. The summed E-state index contributed by atoms with van der Waals surface area (Å²) >= 11 is 0. The van der Waals surface area contributed by atoms with Gasteiger partial charge < -0.3 is 5.32 Å². The third-order valence-corrected chi connectivity index (χ3v) is 6.49. The number of rotatable bonds is 10. The molecule has 0 bridgehead atoms. The summed E-state index contributed by atoms with van der Waals surface area (Å²) < 4.78 is 26.8. The van der Waals surface area contributed by atoms with E-state index >= 15 is 0 Å². The fourth-order valence-corrected chi connectivity index (χ4v) is 4.72. The van der Waals surface area contributed by atoms with Crippen LogP contribution in [-0.4, -0.2) is 41.0 Å². The van der Waals surface area contributed by atoms with Gasteiger partial charge in [0.15, 0.2) is 0 Å². The molecule has 6 heteroatoms. The summed E-state index contributed by atoms with van der Waals surface area (Å²) in [7, 11) is 0. The van der Waals surface area contributed by atoms with E-state index in [0.717, 1.165) is 68.2 Å². The third-order valence-electron chi connectivity index (χ3n) is 6.49. The molecule has 0 unspecified atom stereocenters. The molecule has 0 saturated carbocycles. The van der Waals surface area contributed by atoms with E-state index in [1.165, 1.54) is 30.5 Å². The van der Waals surface area contributed by atoms with Crippen molar-refractivity contribution in [1.29, 1.82) is 0 Å². The highest BCUT2D eigenvalue weighted by molar-refractivity contribution is 5.59. The molecule has 2 aromatic carbocycles. The predicted molar refractivity (Wildman–Crippen MR) is 132 cm³/mol. The van der Waals surface area contributed by atoms with Gasteiger partial charge in [-0.3, -0.25) is 4.90 Å². The van der Waals surface area contributed by atoms with Crippen LogP contribution in [0.15, 0.2) is 54.7 Å². The average Bonchev–Trinajstić information content (AvgIpc) is 2.84. The number of halogens is 2. The normalized spacial score (nSPS) is 16.2. The van der Waals surface area contributed by atoms with E-state index in [1.54, 1.807) is 6.20 Å². The summed E-state index contributed by atoms with van der Waals surface area (Å²) in [5, 5.41) is 3.52. The Morgan fingerprint density at radius 3 is 2.65 bits per heavy atom. The Labute approximate surface area is 201 Å². The van der Waals surface area contributed by atoms with Crippen molar-refractivity contribution in [2.75, 3.05) is 26.2 Å². The number of nitrogens with one attached hydrogen (secondary N) is 1. The topological polar surface area (TPSA) is 41.1 Å². The lowest BCUT2D eigenvalue weighted by atomic mass is 9.98. The second-order valence-corrected chi connectivity index (χ2v) is 9.23. The number of benzene rings is 2. The molecule has 1 aliphatic heterocycles. The minimum Gasteiger partial charge on any atom is -0.316 e. The molecule has 4 nitrogen and oxygen atoms in total. The van der Waals surface area contributed by atoms with Crippen LogP contribution in [0.1, 0.15) is 43.1 Å². The maximum Gasteiger partial charge on any atom is 0.128 e. The fraction of sp³-hybridized carbons (Fsp3) is 0.429. The predicted octanol–water partition coefficient (Wildman–Crippen LogP) is 5.42. The number of hydrogen-bond donors (Lipinski definition) is 1. The van der Waals surface area contributed by atoms with Crippen LogP contribution >= 0.6 is 0 Å². The summed E-state index contributed by atoms with van der Waals surface area (Å²) in [6, 6.07) is 14.2. The average molecular weight is 465 g/mol. The van der Waals surface area contributed by atoms with Gasteiger partial charge in [-0.25, -0.2) is 18.7 Å². The zero-order valence-electron chi connectivity index (χ0n) is 19.9. The molecule has 34 heavy (non-hydrogen) atoms. The Hall–Kier alpha value is -2.70. The van der Waals surface area contributed by atoms with Crippen LogP contribution in [0.2, 0.25) is 0 Å². The largest absolute Gasteiger partial charge is 0.316 e. The maximum atomic E-state index is 13.4. The van der Waals surface area contributed by atoms with Crippen LogP contribution in [0, 0.1) is 17.6 Å². The van der Waals surface area contributed by atoms with E-state index in [1.807, 2.05) is 6.07 Å². The SMILES string of the molecule is CCN(Cc1cccc(-c2ccnc(CCCc3cc(F)cc(F)c3)n2)c1)C[C@H]1CCCNC1. The minimum atomic E-state index is -0.537. The van der Waals surface area contributed by atoms with Gasteiger partial charge in [0.2, 0.25) is 0 Å². The second kappa shape index (κ2) is 12.1. The van der Waals surface area contributed by atoms with E-state index in [-0.39, 0.29) is 0 Å². The van der Waals surface area contributed by atoms with Gasteiger partial charge in [-0.15, -0.1) is 0 Å². The van der Waals surface area contributed by atoms with Crippen molar-refractivity contribution in [3.63, 3.8) is 0 Å². The van der Waals surface area contributed by atoms with E-state index in [9.17, 15) is 8.78 Å². The fourth-order valence-electron chi connectivity index (χ4n) is 4.72. The van der Waals surface area contributed by atoms with Crippen molar-refractivity contribution in [1.82, 2.24) is 20.2 Å². The number of aryl methyl sites for hydroxylation is 2. The molecule has 1 fully saturated rings.